The van der Waals surface area contributed by atoms with Gasteiger partial charge in [-0.1, -0.05) is 0 Å². The van der Waals surface area contributed by atoms with Gasteiger partial charge in [-0.3, -0.25) is 4.68 Å². The molecule has 1 N–H and O–H groups in total. The molecule has 0 spiro atoms. The number of hydrogen-bond donors (Lipinski definition) is 1. The quantitative estimate of drug-likeness (QED) is 0.907. The maximum absolute atomic E-state index is 10.2. The Morgan fingerprint density at radius 3 is 2.86 bits per heavy atom. The molecule has 0 radical (unpaired) electrons. The number of aliphatic hydroxyl groups excluding tert-OH is 1. The number of anilines is 1. The standard InChI is InChI=1S/C14H17BrN4O2/c1-9-3-10(15)4-16-14(9)19-7-12(20)13(8-19)21-11-5-17-18(2)6-11/h3-6,12-13,20H,7-8H2,1-2H3/t12-,13-/m1/s1. The molecule has 2 atom stereocenters. The van der Waals surface area contributed by atoms with Gasteiger partial charge in [0.2, 0.25) is 0 Å². The molecule has 0 saturated carbocycles. The Bertz CT molecular complexity index is 646. The third kappa shape index (κ3) is 3.03. The minimum Gasteiger partial charge on any atom is -0.482 e. The molecule has 1 aliphatic rings. The van der Waals surface area contributed by atoms with E-state index in [2.05, 4.69) is 26.0 Å². The molecular weight excluding hydrogens is 336 g/mol. The zero-order chi connectivity index (χ0) is 15.0. The molecule has 0 bridgehead atoms. The molecule has 112 valence electrons. The highest BCUT2D eigenvalue weighted by Crippen LogP contribution is 2.26. The van der Waals surface area contributed by atoms with E-state index in [0.717, 1.165) is 15.9 Å². The fraction of sp³-hybridized carbons (Fsp3) is 0.429. The zero-order valence-electron chi connectivity index (χ0n) is 11.9. The molecule has 2 aromatic rings. The molecule has 6 nitrogen and oxygen atoms in total. The Balaban J connectivity index is 1.73. The predicted octanol–water partition coefficient (Wildman–Crippen LogP) is 1.51. The molecular formula is C14H17BrN4O2. The zero-order valence-corrected chi connectivity index (χ0v) is 13.5. The Morgan fingerprint density at radius 2 is 2.19 bits per heavy atom. The highest BCUT2D eigenvalue weighted by atomic mass is 79.9. The fourth-order valence-corrected chi connectivity index (χ4v) is 2.99. The first kappa shape index (κ1) is 14.3. The number of rotatable bonds is 3. The number of halogens is 1. The minimum absolute atomic E-state index is 0.279. The molecule has 7 heteroatoms. The number of hydrogen-bond acceptors (Lipinski definition) is 5. The van der Waals surface area contributed by atoms with Crippen LogP contribution in [0.1, 0.15) is 5.56 Å². The normalized spacial score (nSPS) is 21.8. The van der Waals surface area contributed by atoms with Gasteiger partial charge in [0.1, 0.15) is 18.0 Å². The van der Waals surface area contributed by atoms with E-state index >= 15 is 0 Å². The number of aromatic nitrogens is 3. The van der Waals surface area contributed by atoms with E-state index in [1.165, 1.54) is 0 Å². The molecule has 0 unspecified atom stereocenters. The molecule has 3 rings (SSSR count). The highest BCUT2D eigenvalue weighted by Gasteiger charge is 2.34. The summed E-state index contributed by atoms with van der Waals surface area (Å²) in [6.45, 7) is 3.13. The van der Waals surface area contributed by atoms with Crippen LogP contribution in [0.2, 0.25) is 0 Å². The van der Waals surface area contributed by atoms with Gasteiger partial charge in [0.05, 0.1) is 18.9 Å². The second kappa shape index (κ2) is 5.65. The van der Waals surface area contributed by atoms with Crippen LogP contribution in [0.25, 0.3) is 0 Å². The average molecular weight is 353 g/mol. The number of ether oxygens (including phenoxy) is 1. The van der Waals surface area contributed by atoms with Crippen molar-refractivity contribution in [3.8, 4) is 5.75 Å². The minimum atomic E-state index is -0.546. The van der Waals surface area contributed by atoms with Crippen LogP contribution in [0.3, 0.4) is 0 Å². The molecule has 3 heterocycles. The van der Waals surface area contributed by atoms with Crippen molar-refractivity contribution in [3.05, 3.63) is 34.7 Å². The van der Waals surface area contributed by atoms with Crippen molar-refractivity contribution in [3.63, 3.8) is 0 Å². The van der Waals surface area contributed by atoms with Gasteiger partial charge in [-0.05, 0) is 34.5 Å². The van der Waals surface area contributed by atoms with Gasteiger partial charge < -0.3 is 14.7 Å². The van der Waals surface area contributed by atoms with E-state index in [0.29, 0.717) is 18.8 Å². The van der Waals surface area contributed by atoms with Crippen LogP contribution in [0, 0.1) is 6.92 Å². The molecule has 0 aliphatic carbocycles. The molecule has 0 aromatic carbocycles. The summed E-state index contributed by atoms with van der Waals surface area (Å²) >= 11 is 3.41. The van der Waals surface area contributed by atoms with Gasteiger partial charge in [0.25, 0.3) is 0 Å². The van der Waals surface area contributed by atoms with Crippen molar-refractivity contribution in [1.29, 1.82) is 0 Å². The van der Waals surface area contributed by atoms with Crippen molar-refractivity contribution < 1.29 is 9.84 Å². The molecule has 1 fully saturated rings. The molecule has 1 aliphatic heterocycles. The van der Waals surface area contributed by atoms with E-state index in [1.54, 1.807) is 23.3 Å². The number of pyridine rings is 1. The van der Waals surface area contributed by atoms with Crippen LogP contribution in [0.15, 0.2) is 29.1 Å². The average Bonchev–Trinajstić information content (AvgIpc) is 2.97. The monoisotopic (exact) mass is 352 g/mol. The van der Waals surface area contributed by atoms with E-state index in [9.17, 15) is 5.11 Å². The van der Waals surface area contributed by atoms with Crippen molar-refractivity contribution >= 4 is 21.7 Å². The topological polar surface area (TPSA) is 63.4 Å². The summed E-state index contributed by atoms with van der Waals surface area (Å²) in [5.41, 5.74) is 1.07. The summed E-state index contributed by atoms with van der Waals surface area (Å²) in [5, 5.41) is 14.3. The van der Waals surface area contributed by atoms with Crippen LogP contribution >= 0.6 is 15.9 Å². The third-order valence-corrected chi connectivity index (χ3v) is 3.96. The van der Waals surface area contributed by atoms with Gasteiger partial charge in [-0.25, -0.2) is 4.98 Å². The summed E-state index contributed by atoms with van der Waals surface area (Å²) in [6, 6.07) is 2.02. The van der Waals surface area contributed by atoms with E-state index in [-0.39, 0.29) is 6.10 Å². The Hall–Kier alpha value is -1.60. The van der Waals surface area contributed by atoms with Gasteiger partial charge in [-0.15, -0.1) is 0 Å². The molecule has 1 saturated heterocycles. The number of aryl methyl sites for hydroxylation is 2. The lowest BCUT2D eigenvalue weighted by atomic mass is 10.2. The maximum atomic E-state index is 10.2. The third-order valence-electron chi connectivity index (χ3n) is 3.52. The Morgan fingerprint density at radius 1 is 1.38 bits per heavy atom. The first-order valence-electron chi connectivity index (χ1n) is 6.73. The SMILES string of the molecule is Cc1cc(Br)cnc1N1C[C@@H](O)[C@H](Oc2cnn(C)c2)C1. The van der Waals surface area contributed by atoms with Crippen molar-refractivity contribution in [2.45, 2.75) is 19.1 Å². The lowest BCUT2D eigenvalue weighted by molar-refractivity contribution is 0.0737. The second-order valence-electron chi connectivity index (χ2n) is 5.27. The van der Waals surface area contributed by atoms with Gasteiger partial charge in [0, 0.05) is 24.3 Å². The highest BCUT2D eigenvalue weighted by molar-refractivity contribution is 9.10. The number of nitrogens with zero attached hydrogens (tertiary/aromatic N) is 4. The van der Waals surface area contributed by atoms with Crippen LogP contribution in [-0.2, 0) is 7.05 Å². The lowest BCUT2D eigenvalue weighted by Gasteiger charge is -2.19. The van der Waals surface area contributed by atoms with Gasteiger partial charge in [0.15, 0.2) is 5.75 Å². The first-order valence-corrected chi connectivity index (χ1v) is 7.52. The molecule has 21 heavy (non-hydrogen) atoms. The van der Waals surface area contributed by atoms with E-state index in [4.69, 9.17) is 4.74 Å². The summed E-state index contributed by atoms with van der Waals surface area (Å²) < 4.78 is 8.44. The van der Waals surface area contributed by atoms with Crippen LogP contribution in [0.4, 0.5) is 5.82 Å². The lowest BCUT2D eigenvalue weighted by Crippen LogP contribution is -2.29. The summed E-state index contributed by atoms with van der Waals surface area (Å²) in [4.78, 5) is 6.48. The molecule has 2 aromatic heterocycles. The number of β-amino-alcohol motifs (C(OH)–C–C–N with tert-alkyl or cyclic N) is 1. The van der Waals surface area contributed by atoms with E-state index in [1.807, 2.05) is 24.9 Å². The maximum Gasteiger partial charge on any atom is 0.157 e. The van der Waals surface area contributed by atoms with Crippen molar-refractivity contribution in [2.24, 2.45) is 7.05 Å². The number of aliphatic hydroxyl groups is 1. The van der Waals surface area contributed by atoms with E-state index < -0.39 is 6.10 Å². The predicted molar refractivity (Wildman–Crippen MR) is 82.5 cm³/mol. The van der Waals surface area contributed by atoms with Gasteiger partial charge in [-0.2, -0.15) is 5.10 Å². The van der Waals surface area contributed by atoms with Crippen LogP contribution < -0.4 is 9.64 Å². The Kier molecular flexibility index (Phi) is 3.86. The van der Waals surface area contributed by atoms with Crippen molar-refractivity contribution in [1.82, 2.24) is 14.8 Å². The Labute approximate surface area is 131 Å². The van der Waals surface area contributed by atoms with Crippen LogP contribution in [-0.4, -0.2) is 45.2 Å². The summed E-state index contributed by atoms with van der Waals surface area (Å²) in [5.74, 6) is 1.55. The van der Waals surface area contributed by atoms with Crippen molar-refractivity contribution in [2.75, 3.05) is 18.0 Å². The summed E-state index contributed by atoms with van der Waals surface area (Å²) in [6.07, 6.45) is 4.38. The van der Waals surface area contributed by atoms with Crippen LogP contribution in [0.5, 0.6) is 5.75 Å². The fourth-order valence-electron chi connectivity index (χ4n) is 2.54. The summed E-state index contributed by atoms with van der Waals surface area (Å²) in [7, 11) is 1.83. The second-order valence-corrected chi connectivity index (χ2v) is 6.19. The first-order chi connectivity index (χ1) is 10.0. The van der Waals surface area contributed by atoms with Gasteiger partial charge >= 0.3 is 0 Å². The largest absolute Gasteiger partial charge is 0.482 e. The molecule has 0 amide bonds. The smallest absolute Gasteiger partial charge is 0.157 e.